The van der Waals surface area contributed by atoms with Gasteiger partial charge in [-0.25, -0.2) is 13.9 Å². The highest BCUT2D eigenvalue weighted by Crippen LogP contribution is 2.27. The number of ether oxygens (including phenoxy) is 1. The molecule has 0 aliphatic heterocycles. The van der Waals surface area contributed by atoms with Crippen LogP contribution in [0.4, 0.5) is 20.7 Å². The zero-order valence-corrected chi connectivity index (χ0v) is 18.5. The molecule has 0 radical (unpaired) electrons. The molecule has 0 aliphatic rings. The smallest absolute Gasteiger partial charge is 0.324 e. The van der Waals surface area contributed by atoms with Gasteiger partial charge in [0.25, 0.3) is 0 Å². The third-order valence-electron chi connectivity index (χ3n) is 4.79. The Morgan fingerprint density at radius 1 is 0.909 bits per heavy atom. The Morgan fingerprint density at radius 2 is 1.55 bits per heavy atom. The lowest BCUT2D eigenvalue weighted by atomic mass is 9.92. The number of hydrogen-bond donors (Lipinski definition) is 2. The molecule has 2 N–H and O–H groups in total. The van der Waals surface area contributed by atoms with E-state index in [0.29, 0.717) is 28.7 Å². The standard InChI is InChI=1S/C25H24FN5O2/c1-25(2,3)22-16-23(31(30-22)19-8-4-17(26)5-9-19)29-24(32)28-18-6-10-20(11-7-18)33-21-12-14-27-15-13-21/h4-16H,1-3H3,(H2,28,29,32). The van der Waals surface area contributed by atoms with Crippen LogP contribution >= 0.6 is 0 Å². The minimum atomic E-state index is -0.429. The lowest BCUT2D eigenvalue weighted by Crippen LogP contribution is -2.21. The van der Waals surface area contributed by atoms with E-state index in [1.165, 1.54) is 12.1 Å². The van der Waals surface area contributed by atoms with E-state index in [1.807, 2.05) is 26.8 Å². The molecule has 2 heterocycles. The number of pyridine rings is 1. The van der Waals surface area contributed by atoms with Crippen molar-refractivity contribution in [2.75, 3.05) is 10.6 Å². The van der Waals surface area contributed by atoms with E-state index in [1.54, 1.807) is 65.6 Å². The second-order valence-electron chi connectivity index (χ2n) is 8.44. The molecule has 168 valence electrons. The van der Waals surface area contributed by atoms with Crippen LogP contribution in [0, 0.1) is 5.82 Å². The summed E-state index contributed by atoms with van der Waals surface area (Å²) in [7, 11) is 0. The molecule has 7 nitrogen and oxygen atoms in total. The molecule has 0 saturated carbocycles. The predicted octanol–water partition coefficient (Wildman–Crippen LogP) is 6.14. The number of benzene rings is 2. The molecule has 0 fully saturated rings. The van der Waals surface area contributed by atoms with Crippen molar-refractivity contribution in [2.24, 2.45) is 0 Å². The Hall–Kier alpha value is -4.20. The first-order valence-corrected chi connectivity index (χ1v) is 10.4. The molecular weight excluding hydrogens is 421 g/mol. The molecule has 33 heavy (non-hydrogen) atoms. The number of rotatable bonds is 5. The molecule has 4 aromatic rings. The number of nitrogens with one attached hydrogen (secondary N) is 2. The van der Waals surface area contributed by atoms with Crippen molar-refractivity contribution >= 4 is 17.5 Å². The van der Waals surface area contributed by atoms with Crippen LogP contribution in [0.2, 0.25) is 0 Å². The van der Waals surface area contributed by atoms with Gasteiger partial charge in [-0.05, 0) is 60.7 Å². The van der Waals surface area contributed by atoms with Gasteiger partial charge >= 0.3 is 6.03 Å². The number of amides is 2. The van der Waals surface area contributed by atoms with E-state index in [4.69, 9.17) is 4.74 Å². The molecule has 0 bridgehead atoms. The van der Waals surface area contributed by atoms with Crippen molar-refractivity contribution < 1.29 is 13.9 Å². The van der Waals surface area contributed by atoms with Crippen LogP contribution in [0.3, 0.4) is 0 Å². The molecule has 0 saturated heterocycles. The summed E-state index contributed by atoms with van der Waals surface area (Å²) in [5.41, 5.74) is 1.79. The zero-order chi connectivity index (χ0) is 23.4. The summed E-state index contributed by atoms with van der Waals surface area (Å²) in [6.07, 6.45) is 3.30. The zero-order valence-electron chi connectivity index (χ0n) is 18.5. The third kappa shape index (κ3) is 5.54. The Balaban J connectivity index is 1.48. The Bertz CT molecular complexity index is 1230. The lowest BCUT2D eigenvalue weighted by Gasteiger charge is -2.14. The minimum Gasteiger partial charge on any atom is -0.457 e. The van der Waals surface area contributed by atoms with Gasteiger partial charge in [0.05, 0.1) is 11.4 Å². The first-order chi connectivity index (χ1) is 15.8. The van der Waals surface area contributed by atoms with Crippen molar-refractivity contribution in [3.05, 3.63) is 90.6 Å². The lowest BCUT2D eigenvalue weighted by molar-refractivity contribution is 0.262. The molecule has 2 amide bonds. The number of halogens is 1. The number of hydrogen-bond acceptors (Lipinski definition) is 4. The number of anilines is 2. The van der Waals surface area contributed by atoms with Gasteiger partial charge in [-0.2, -0.15) is 5.10 Å². The van der Waals surface area contributed by atoms with E-state index in [2.05, 4.69) is 20.7 Å². The van der Waals surface area contributed by atoms with E-state index < -0.39 is 6.03 Å². The number of urea groups is 1. The maximum absolute atomic E-state index is 13.4. The summed E-state index contributed by atoms with van der Waals surface area (Å²) < 4.78 is 20.7. The van der Waals surface area contributed by atoms with Crippen LogP contribution in [-0.4, -0.2) is 20.8 Å². The van der Waals surface area contributed by atoms with E-state index in [0.717, 1.165) is 5.69 Å². The second-order valence-corrected chi connectivity index (χ2v) is 8.44. The molecule has 0 atom stereocenters. The second kappa shape index (κ2) is 9.12. The number of nitrogens with zero attached hydrogens (tertiary/aromatic N) is 3. The largest absolute Gasteiger partial charge is 0.457 e. The van der Waals surface area contributed by atoms with Crippen molar-refractivity contribution in [1.29, 1.82) is 0 Å². The summed E-state index contributed by atoms with van der Waals surface area (Å²) in [5.74, 6) is 1.44. The minimum absolute atomic E-state index is 0.233. The van der Waals surface area contributed by atoms with Crippen molar-refractivity contribution in [3.63, 3.8) is 0 Å². The summed E-state index contributed by atoms with van der Waals surface area (Å²) in [6.45, 7) is 6.09. The van der Waals surface area contributed by atoms with Gasteiger partial charge in [0.2, 0.25) is 0 Å². The van der Waals surface area contributed by atoms with Gasteiger partial charge in [-0.3, -0.25) is 10.3 Å². The Kier molecular flexibility index (Phi) is 6.08. The van der Waals surface area contributed by atoms with E-state index in [-0.39, 0.29) is 11.2 Å². The molecule has 0 aliphatic carbocycles. The highest BCUT2D eigenvalue weighted by atomic mass is 19.1. The quantitative estimate of drug-likeness (QED) is 0.387. The maximum atomic E-state index is 13.4. The molecule has 4 rings (SSSR count). The molecular formula is C25H24FN5O2. The van der Waals surface area contributed by atoms with Crippen LogP contribution in [0.5, 0.6) is 11.5 Å². The molecule has 2 aromatic heterocycles. The first-order valence-electron chi connectivity index (χ1n) is 10.4. The average Bonchev–Trinajstić information content (AvgIpc) is 3.20. The number of carbonyl (C=O) groups excluding carboxylic acids is 1. The fourth-order valence-electron chi connectivity index (χ4n) is 3.04. The van der Waals surface area contributed by atoms with Gasteiger partial charge in [-0.15, -0.1) is 0 Å². The Labute approximate surface area is 191 Å². The van der Waals surface area contributed by atoms with Gasteiger partial charge in [0, 0.05) is 29.6 Å². The van der Waals surface area contributed by atoms with E-state index >= 15 is 0 Å². The Morgan fingerprint density at radius 3 is 2.18 bits per heavy atom. The summed E-state index contributed by atoms with van der Waals surface area (Å²) in [5, 5.41) is 10.3. The number of aromatic nitrogens is 3. The highest BCUT2D eigenvalue weighted by molar-refractivity contribution is 5.99. The summed E-state index contributed by atoms with van der Waals surface area (Å²) in [6, 6.07) is 17.8. The summed E-state index contributed by atoms with van der Waals surface area (Å²) in [4.78, 5) is 16.6. The first kappa shape index (κ1) is 22.0. The third-order valence-corrected chi connectivity index (χ3v) is 4.79. The van der Waals surface area contributed by atoms with Gasteiger partial charge in [0.1, 0.15) is 23.1 Å². The predicted molar refractivity (Wildman–Crippen MR) is 126 cm³/mol. The molecule has 8 heteroatoms. The van der Waals surface area contributed by atoms with Crippen LogP contribution < -0.4 is 15.4 Å². The highest BCUT2D eigenvalue weighted by Gasteiger charge is 2.21. The topological polar surface area (TPSA) is 81.1 Å². The van der Waals surface area contributed by atoms with Gasteiger partial charge in [0.15, 0.2) is 0 Å². The fourth-order valence-corrected chi connectivity index (χ4v) is 3.04. The average molecular weight is 445 g/mol. The molecule has 0 spiro atoms. The van der Waals surface area contributed by atoms with E-state index in [9.17, 15) is 9.18 Å². The number of carbonyl (C=O) groups is 1. The van der Waals surface area contributed by atoms with Crippen molar-refractivity contribution in [3.8, 4) is 17.2 Å². The van der Waals surface area contributed by atoms with Crippen LogP contribution in [0.15, 0.2) is 79.1 Å². The van der Waals surface area contributed by atoms with Gasteiger partial charge in [-0.1, -0.05) is 20.8 Å². The van der Waals surface area contributed by atoms with Crippen LogP contribution in [-0.2, 0) is 5.41 Å². The maximum Gasteiger partial charge on any atom is 0.324 e. The SMILES string of the molecule is CC(C)(C)c1cc(NC(=O)Nc2ccc(Oc3ccncc3)cc2)n(-c2ccc(F)cc2)n1. The van der Waals surface area contributed by atoms with Crippen LogP contribution in [0.1, 0.15) is 26.5 Å². The van der Waals surface area contributed by atoms with Gasteiger partial charge < -0.3 is 10.1 Å². The molecule has 2 aromatic carbocycles. The molecule has 0 unspecified atom stereocenters. The van der Waals surface area contributed by atoms with Crippen molar-refractivity contribution in [2.45, 2.75) is 26.2 Å². The fraction of sp³-hybridized carbons (Fsp3) is 0.160. The summed E-state index contributed by atoms with van der Waals surface area (Å²) >= 11 is 0. The monoisotopic (exact) mass is 445 g/mol. The van der Waals surface area contributed by atoms with Crippen molar-refractivity contribution in [1.82, 2.24) is 14.8 Å². The normalized spacial score (nSPS) is 11.2. The van der Waals surface area contributed by atoms with Crippen LogP contribution in [0.25, 0.3) is 5.69 Å².